The molecule has 2 rings (SSSR count). The van der Waals surface area contributed by atoms with E-state index in [1.807, 2.05) is 6.07 Å². The molecule has 4 heteroatoms. The topological polar surface area (TPSA) is 50.4 Å². The summed E-state index contributed by atoms with van der Waals surface area (Å²) in [5.74, 6) is 0. The number of hydrogen-bond donors (Lipinski definition) is 1. The van der Waals surface area contributed by atoms with Gasteiger partial charge in [-0.25, -0.2) is 9.50 Å². The fourth-order valence-electron chi connectivity index (χ4n) is 1.24. The smallest absolute Gasteiger partial charge is 0.153 e. The second-order valence-electron chi connectivity index (χ2n) is 3.05. The standard InChI is InChI=1S/C9H10N3O/c1-7(13)5-8-6-12-9(11-8)3-2-4-10-12/h2-3,6-7,13H,5H2,1H3. The molecule has 0 bridgehead atoms. The quantitative estimate of drug-likeness (QED) is 0.722. The molecular weight excluding hydrogens is 166 g/mol. The summed E-state index contributed by atoms with van der Waals surface area (Å²) in [7, 11) is 0. The van der Waals surface area contributed by atoms with Crippen LogP contribution in [0.1, 0.15) is 12.6 Å². The molecule has 2 aromatic rings. The van der Waals surface area contributed by atoms with Crippen molar-refractivity contribution in [2.45, 2.75) is 19.4 Å². The van der Waals surface area contributed by atoms with Crippen molar-refractivity contribution in [2.75, 3.05) is 0 Å². The van der Waals surface area contributed by atoms with Crippen LogP contribution in [0.3, 0.4) is 0 Å². The lowest BCUT2D eigenvalue weighted by atomic mass is 10.2. The number of hydrogen-bond acceptors (Lipinski definition) is 3. The monoisotopic (exact) mass is 176 g/mol. The van der Waals surface area contributed by atoms with Crippen LogP contribution in [0, 0.1) is 6.20 Å². The second-order valence-corrected chi connectivity index (χ2v) is 3.05. The van der Waals surface area contributed by atoms with Crippen molar-refractivity contribution in [3.05, 3.63) is 30.2 Å². The summed E-state index contributed by atoms with van der Waals surface area (Å²) in [5.41, 5.74) is 1.64. The molecule has 0 saturated carbocycles. The zero-order valence-electron chi connectivity index (χ0n) is 7.31. The van der Waals surface area contributed by atoms with Crippen molar-refractivity contribution in [1.82, 2.24) is 14.6 Å². The molecule has 0 aliphatic carbocycles. The van der Waals surface area contributed by atoms with Crippen LogP contribution in [0.4, 0.5) is 0 Å². The van der Waals surface area contributed by atoms with E-state index in [9.17, 15) is 0 Å². The van der Waals surface area contributed by atoms with Crippen LogP contribution in [-0.2, 0) is 6.42 Å². The van der Waals surface area contributed by atoms with Crippen LogP contribution in [0.2, 0.25) is 0 Å². The zero-order chi connectivity index (χ0) is 9.26. The highest BCUT2D eigenvalue weighted by Crippen LogP contribution is 2.04. The Morgan fingerprint density at radius 2 is 2.54 bits per heavy atom. The molecule has 0 fully saturated rings. The van der Waals surface area contributed by atoms with Crippen LogP contribution < -0.4 is 0 Å². The first-order valence-corrected chi connectivity index (χ1v) is 4.15. The highest BCUT2D eigenvalue weighted by molar-refractivity contribution is 5.37. The van der Waals surface area contributed by atoms with E-state index in [1.54, 1.807) is 23.7 Å². The molecule has 0 amide bonds. The van der Waals surface area contributed by atoms with Gasteiger partial charge in [0.05, 0.1) is 18.0 Å². The maximum Gasteiger partial charge on any atom is 0.153 e. The lowest BCUT2D eigenvalue weighted by molar-refractivity contribution is 0.194. The third-order valence-corrected chi connectivity index (χ3v) is 1.74. The van der Waals surface area contributed by atoms with E-state index in [0.717, 1.165) is 11.3 Å². The SMILES string of the molecule is CC(O)Cc1cn2n[c]ccc2n1. The molecule has 2 heterocycles. The Morgan fingerprint density at radius 1 is 1.69 bits per heavy atom. The second kappa shape index (κ2) is 3.14. The molecule has 0 aliphatic heterocycles. The Morgan fingerprint density at radius 3 is 3.23 bits per heavy atom. The van der Waals surface area contributed by atoms with Crippen molar-refractivity contribution < 1.29 is 5.11 Å². The number of nitrogens with zero attached hydrogens (tertiary/aromatic N) is 3. The summed E-state index contributed by atoms with van der Waals surface area (Å²) >= 11 is 0. The Bertz CT molecular complexity index is 375. The van der Waals surface area contributed by atoms with Crippen LogP contribution in [-0.4, -0.2) is 25.8 Å². The van der Waals surface area contributed by atoms with Gasteiger partial charge in [0.25, 0.3) is 0 Å². The third kappa shape index (κ3) is 1.67. The first kappa shape index (κ1) is 8.19. The molecule has 1 radical (unpaired) electrons. The van der Waals surface area contributed by atoms with Crippen molar-refractivity contribution in [2.24, 2.45) is 0 Å². The van der Waals surface area contributed by atoms with Crippen molar-refractivity contribution >= 4 is 5.65 Å². The van der Waals surface area contributed by atoms with Crippen LogP contribution in [0.15, 0.2) is 18.3 Å². The molecule has 0 spiro atoms. The lowest BCUT2D eigenvalue weighted by Crippen LogP contribution is -2.03. The Kier molecular flexibility index (Phi) is 1.98. The predicted octanol–water partition coefficient (Wildman–Crippen LogP) is 0.453. The molecule has 0 aromatic carbocycles. The summed E-state index contributed by atoms with van der Waals surface area (Å²) in [6.07, 6.45) is 4.71. The lowest BCUT2D eigenvalue weighted by Gasteiger charge is -1.97. The van der Waals surface area contributed by atoms with E-state index in [0.29, 0.717) is 6.42 Å². The highest BCUT2D eigenvalue weighted by Gasteiger charge is 2.04. The molecule has 1 atom stereocenters. The average Bonchev–Trinajstić information content (AvgIpc) is 2.44. The molecule has 13 heavy (non-hydrogen) atoms. The van der Waals surface area contributed by atoms with E-state index < -0.39 is 0 Å². The van der Waals surface area contributed by atoms with Crippen molar-refractivity contribution in [3.63, 3.8) is 0 Å². The summed E-state index contributed by atoms with van der Waals surface area (Å²) in [5, 5.41) is 13.1. The Balaban J connectivity index is 2.38. The first-order valence-electron chi connectivity index (χ1n) is 4.15. The molecule has 1 N–H and O–H groups in total. The Labute approximate surface area is 75.8 Å². The largest absolute Gasteiger partial charge is 0.393 e. The van der Waals surface area contributed by atoms with Gasteiger partial charge in [-0.3, -0.25) is 0 Å². The number of aliphatic hydroxyl groups excluding tert-OH is 1. The van der Waals surface area contributed by atoms with Gasteiger partial charge in [-0.2, -0.15) is 5.10 Å². The highest BCUT2D eigenvalue weighted by atomic mass is 16.3. The molecule has 2 aromatic heterocycles. The molecule has 0 saturated heterocycles. The molecule has 67 valence electrons. The van der Waals surface area contributed by atoms with Crippen molar-refractivity contribution in [3.8, 4) is 0 Å². The number of aliphatic hydroxyl groups is 1. The van der Waals surface area contributed by atoms with Crippen LogP contribution in [0.5, 0.6) is 0 Å². The fourth-order valence-corrected chi connectivity index (χ4v) is 1.24. The summed E-state index contributed by atoms with van der Waals surface area (Å²) in [6.45, 7) is 1.74. The van der Waals surface area contributed by atoms with Gasteiger partial charge in [0.1, 0.15) is 6.20 Å². The summed E-state index contributed by atoms with van der Waals surface area (Å²) < 4.78 is 1.65. The average molecular weight is 176 g/mol. The molecule has 4 nitrogen and oxygen atoms in total. The fraction of sp³-hybridized carbons (Fsp3) is 0.333. The minimum atomic E-state index is -0.367. The maximum absolute atomic E-state index is 9.15. The minimum Gasteiger partial charge on any atom is -0.393 e. The number of fused-ring (bicyclic) bond motifs is 1. The van der Waals surface area contributed by atoms with Gasteiger partial charge in [0.2, 0.25) is 0 Å². The van der Waals surface area contributed by atoms with Gasteiger partial charge in [0.15, 0.2) is 5.65 Å². The normalized spacial score (nSPS) is 13.4. The molecular formula is C9H10N3O. The van der Waals surface area contributed by atoms with Gasteiger partial charge in [-0.1, -0.05) is 0 Å². The first-order chi connectivity index (χ1) is 6.25. The van der Waals surface area contributed by atoms with Crippen LogP contribution >= 0.6 is 0 Å². The van der Waals surface area contributed by atoms with E-state index in [-0.39, 0.29) is 6.10 Å². The Hall–Kier alpha value is -1.42. The van der Waals surface area contributed by atoms with Gasteiger partial charge in [0, 0.05) is 6.42 Å². The maximum atomic E-state index is 9.15. The van der Waals surface area contributed by atoms with E-state index >= 15 is 0 Å². The summed E-state index contributed by atoms with van der Waals surface area (Å²) in [6, 6.07) is 3.55. The van der Waals surface area contributed by atoms with E-state index in [1.165, 1.54) is 0 Å². The van der Waals surface area contributed by atoms with Gasteiger partial charge < -0.3 is 5.11 Å². The third-order valence-electron chi connectivity index (χ3n) is 1.74. The van der Waals surface area contributed by atoms with E-state index in [4.69, 9.17) is 5.11 Å². The van der Waals surface area contributed by atoms with E-state index in [2.05, 4.69) is 16.3 Å². The van der Waals surface area contributed by atoms with Gasteiger partial charge >= 0.3 is 0 Å². The minimum absolute atomic E-state index is 0.367. The molecule has 1 unspecified atom stereocenters. The number of imidazole rings is 1. The predicted molar refractivity (Wildman–Crippen MR) is 47.2 cm³/mol. The number of rotatable bonds is 2. The zero-order valence-corrected chi connectivity index (χ0v) is 7.31. The summed E-state index contributed by atoms with van der Waals surface area (Å²) in [4.78, 5) is 4.27. The molecule has 0 aliphatic rings. The van der Waals surface area contributed by atoms with Crippen LogP contribution in [0.25, 0.3) is 5.65 Å². The van der Waals surface area contributed by atoms with Gasteiger partial charge in [-0.05, 0) is 19.1 Å². The van der Waals surface area contributed by atoms with Crippen molar-refractivity contribution in [1.29, 1.82) is 0 Å². The van der Waals surface area contributed by atoms with Gasteiger partial charge in [-0.15, -0.1) is 0 Å². The number of aromatic nitrogens is 3.